The van der Waals surface area contributed by atoms with Crippen LogP contribution in [0.1, 0.15) is 16.6 Å². The number of carbonyl (C=O) groups excluding carboxylic acids is 1. The summed E-state index contributed by atoms with van der Waals surface area (Å²) in [5.41, 5.74) is 0.448. The number of rotatable bonds is 5. The lowest BCUT2D eigenvalue weighted by Gasteiger charge is -2.24. The van der Waals surface area contributed by atoms with Gasteiger partial charge in [-0.3, -0.25) is 4.79 Å². The molecule has 134 valence electrons. The third-order valence-electron chi connectivity index (χ3n) is 3.49. The minimum absolute atomic E-state index is 0.0131. The lowest BCUT2D eigenvalue weighted by molar-refractivity contribution is 0.0968. The zero-order valence-electron chi connectivity index (χ0n) is 13.2. The van der Waals surface area contributed by atoms with Crippen LogP contribution in [0.4, 0.5) is 5.69 Å². The number of nitrogens with zero attached hydrogens (tertiary/aromatic N) is 1. The predicted molar refractivity (Wildman–Crippen MR) is 91.6 cm³/mol. The van der Waals surface area contributed by atoms with E-state index in [-0.39, 0.29) is 23.1 Å². The van der Waals surface area contributed by atoms with Crippen molar-refractivity contribution < 1.29 is 27.8 Å². The number of thiophene rings is 1. The maximum atomic E-state index is 12.9. The molecule has 0 spiro atoms. The minimum atomic E-state index is -4.03. The average Bonchev–Trinajstić information content (AvgIpc) is 3.19. The first-order valence-electron chi connectivity index (χ1n) is 7.27. The quantitative estimate of drug-likeness (QED) is 0.798. The molecule has 1 unspecified atom stereocenters. The standard InChI is InChI=1S/C15H16N2O6S2/c1-9(18)7-17(10-2-3-11-12(6-10)23-8-22-11)15(19)14-13(4-5-24-14)25(16,20)21/h2-6,9,18H,7-8H2,1H3,(H2,16,20,21). The molecule has 8 nitrogen and oxygen atoms in total. The minimum Gasteiger partial charge on any atom is -0.454 e. The highest BCUT2D eigenvalue weighted by molar-refractivity contribution is 7.89. The number of amides is 1. The topological polar surface area (TPSA) is 119 Å². The third kappa shape index (κ3) is 3.61. The zero-order chi connectivity index (χ0) is 18.2. The van der Waals surface area contributed by atoms with Crippen LogP contribution in [0.5, 0.6) is 11.5 Å². The fourth-order valence-electron chi connectivity index (χ4n) is 2.42. The van der Waals surface area contributed by atoms with Crippen LogP contribution in [0.3, 0.4) is 0 Å². The summed E-state index contributed by atoms with van der Waals surface area (Å²) in [5, 5.41) is 16.4. The number of aliphatic hydroxyl groups excluding tert-OH is 1. The molecule has 0 saturated carbocycles. The molecule has 2 aromatic rings. The van der Waals surface area contributed by atoms with Gasteiger partial charge in [-0.1, -0.05) is 0 Å². The predicted octanol–water partition coefficient (Wildman–Crippen LogP) is 1.15. The van der Waals surface area contributed by atoms with Gasteiger partial charge in [0.25, 0.3) is 5.91 Å². The number of carbonyl (C=O) groups is 1. The summed E-state index contributed by atoms with van der Waals surface area (Å²) in [6.07, 6.45) is -0.827. The van der Waals surface area contributed by atoms with Crippen LogP contribution in [-0.4, -0.2) is 38.9 Å². The van der Waals surface area contributed by atoms with Gasteiger partial charge in [0.2, 0.25) is 16.8 Å². The second-order valence-corrected chi connectivity index (χ2v) is 7.91. The average molecular weight is 384 g/mol. The molecule has 0 bridgehead atoms. The summed E-state index contributed by atoms with van der Waals surface area (Å²) < 4.78 is 33.9. The Kier molecular flexibility index (Phi) is 4.69. The van der Waals surface area contributed by atoms with Crippen molar-refractivity contribution >= 4 is 33.0 Å². The van der Waals surface area contributed by atoms with Crippen molar-refractivity contribution in [2.45, 2.75) is 17.9 Å². The molecule has 0 radical (unpaired) electrons. The molecule has 0 fully saturated rings. The van der Waals surface area contributed by atoms with Crippen LogP contribution in [0, 0.1) is 0 Å². The first kappa shape index (κ1) is 17.7. The first-order valence-corrected chi connectivity index (χ1v) is 9.70. The number of aliphatic hydroxyl groups is 1. The van der Waals surface area contributed by atoms with E-state index in [1.165, 1.54) is 23.3 Å². The van der Waals surface area contributed by atoms with Crippen LogP contribution >= 0.6 is 11.3 Å². The van der Waals surface area contributed by atoms with E-state index in [2.05, 4.69) is 0 Å². The molecule has 1 aliphatic rings. The van der Waals surface area contributed by atoms with Gasteiger partial charge in [0, 0.05) is 11.8 Å². The van der Waals surface area contributed by atoms with Gasteiger partial charge in [-0.2, -0.15) is 0 Å². The number of hydrogen-bond acceptors (Lipinski definition) is 7. The molecule has 1 aromatic heterocycles. The fraction of sp³-hybridized carbons (Fsp3) is 0.267. The van der Waals surface area contributed by atoms with E-state index in [1.807, 2.05) is 0 Å². The van der Waals surface area contributed by atoms with E-state index in [0.29, 0.717) is 17.2 Å². The van der Waals surface area contributed by atoms with Gasteiger partial charge in [-0.05, 0) is 30.5 Å². The van der Waals surface area contributed by atoms with Crippen LogP contribution < -0.4 is 19.5 Å². The van der Waals surface area contributed by atoms with Crippen LogP contribution in [0.15, 0.2) is 34.5 Å². The lowest BCUT2D eigenvalue weighted by atomic mass is 10.2. The van der Waals surface area contributed by atoms with E-state index in [0.717, 1.165) is 11.3 Å². The smallest absolute Gasteiger partial charge is 0.269 e. The molecular formula is C15H16N2O6S2. The number of primary sulfonamides is 1. The van der Waals surface area contributed by atoms with E-state index in [4.69, 9.17) is 14.6 Å². The normalized spacial score (nSPS) is 14.4. The highest BCUT2D eigenvalue weighted by Gasteiger charge is 2.28. The summed E-state index contributed by atoms with van der Waals surface area (Å²) in [6.45, 7) is 1.59. The molecule has 3 rings (SSSR count). The SMILES string of the molecule is CC(O)CN(C(=O)c1sccc1S(N)(=O)=O)c1ccc2c(c1)OCO2. The van der Waals surface area contributed by atoms with Gasteiger partial charge >= 0.3 is 0 Å². The number of sulfonamides is 1. The van der Waals surface area contributed by atoms with E-state index < -0.39 is 22.0 Å². The molecule has 0 aliphatic carbocycles. The molecule has 1 atom stereocenters. The Labute approximate surface area is 148 Å². The molecule has 3 N–H and O–H groups in total. The zero-order valence-corrected chi connectivity index (χ0v) is 14.8. The van der Waals surface area contributed by atoms with Gasteiger partial charge in [-0.15, -0.1) is 11.3 Å². The highest BCUT2D eigenvalue weighted by atomic mass is 32.2. The number of ether oxygens (including phenoxy) is 2. The Balaban J connectivity index is 2.02. The second kappa shape index (κ2) is 6.64. The summed E-state index contributed by atoms with van der Waals surface area (Å²) in [4.78, 5) is 14.0. The Morgan fingerprint density at radius 2 is 2.08 bits per heavy atom. The Morgan fingerprint density at radius 3 is 2.76 bits per heavy atom. The Hall–Kier alpha value is -2.14. The van der Waals surface area contributed by atoms with Crippen LogP contribution in [-0.2, 0) is 10.0 Å². The largest absolute Gasteiger partial charge is 0.454 e. The van der Waals surface area contributed by atoms with Gasteiger partial charge < -0.3 is 19.5 Å². The van der Waals surface area contributed by atoms with Crippen LogP contribution in [0.25, 0.3) is 0 Å². The molecule has 1 amide bonds. The van der Waals surface area contributed by atoms with Gasteiger partial charge in [0.05, 0.1) is 12.6 Å². The highest BCUT2D eigenvalue weighted by Crippen LogP contribution is 2.36. The van der Waals surface area contributed by atoms with Crippen molar-refractivity contribution in [1.82, 2.24) is 0 Å². The maximum Gasteiger partial charge on any atom is 0.269 e. The molecule has 0 saturated heterocycles. The number of fused-ring (bicyclic) bond motifs is 1. The van der Waals surface area contributed by atoms with Gasteiger partial charge in [-0.25, -0.2) is 13.6 Å². The van der Waals surface area contributed by atoms with Gasteiger partial charge in [0.1, 0.15) is 9.77 Å². The first-order chi connectivity index (χ1) is 11.8. The molecule has 10 heteroatoms. The maximum absolute atomic E-state index is 12.9. The third-order valence-corrected chi connectivity index (χ3v) is 5.47. The van der Waals surface area contributed by atoms with Crippen molar-refractivity contribution in [2.24, 2.45) is 5.14 Å². The van der Waals surface area contributed by atoms with E-state index >= 15 is 0 Å². The van der Waals surface area contributed by atoms with Crippen molar-refractivity contribution in [3.8, 4) is 11.5 Å². The summed E-state index contributed by atoms with van der Waals surface area (Å²) >= 11 is 0.972. The number of anilines is 1. The molecule has 1 aliphatic heterocycles. The Morgan fingerprint density at radius 1 is 1.36 bits per heavy atom. The molecule has 1 aromatic carbocycles. The second-order valence-electron chi connectivity index (χ2n) is 5.46. The van der Waals surface area contributed by atoms with Crippen LogP contribution in [0.2, 0.25) is 0 Å². The molecule has 25 heavy (non-hydrogen) atoms. The monoisotopic (exact) mass is 384 g/mol. The molecule has 2 heterocycles. The number of hydrogen-bond donors (Lipinski definition) is 2. The molecular weight excluding hydrogens is 368 g/mol. The summed E-state index contributed by atoms with van der Waals surface area (Å²) in [6, 6.07) is 6.17. The van der Waals surface area contributed by atoms with Crippen molar-refractivity contribution in [1.29, 1.82) is 0 Å². The van der Waals surface area contributed by atoms with Crippen molar-refractivity contribution in [3.05, 3.63) is 34.5 Å². The summed E-state index contributed by atoms with van der Waals surface area (Å²) in [5.74, 6) is 0.451. The van der Waals surface area contributed by atoms with E-state index in [1.54, 1.807) is 18.2 Å². The fourth-order valence-corrected chi connectivity index (χ4v) is 4.34. The Bertz CT molecular complexity index is 906. The number of benzene rings is 1. The lowest BCUT2D eigenvalue weighted by Crippen LogP contribution is -2.37. The van der Waals surface area contributed by atoms with Crippen molar-refractivity contribution in [2.75, 3.05) is 18.2 Å². The van der Waals surface area contributed by atoms with E-state index in [9.17, 15) is 18.3 Å². The van der Waals surface area contributed by atoms with Crippen molar-refractivity contribution in [3.63, 3.8) is 0 Å². The summed E-state index contributed by atoms with van der Waals surface area (Å²) in [7, 11) is -4.03. The van der Waals surface area contributed by atoms with Gasteiger partial charge in [0.15, 0.2) is 11.5 Å². The number of nitrogens with two attached hydrogens (primary N) is 1.